The summed E-state index contributed by atoms with van der Waals surface area (Å²) in [4.78, 5) is 15.2. The number of imidazole rings is 1. The molecular formula is C70H54B2N8. The second-order valence-corrected chi connectivity index (χ2v) is 21.2. The van der Waals surface area contributed by atoms with Gasteiger partial charge < -0.3 is 23.8 Å². The van der Waals surface area contributed by atoms with Crippen LogP contribution < -0.4 is 34.7 Å². The van der Waals surface area contributed by atoms with E-state index >= 15 is 0 Å². The van der Waals surface area contributed by atoms with Crippen molar-refractivity contribution in [3.8, 4) is 17.1 Å². The number of rotatable bonds is 9. The molecule has 5 heterocycles. The molecule has 380 valence electrons. The largest absolute Gasteiger partial charge is 0.422 e. The summed E-state index contributed by atoms with van der Waals surface area (Å²) < 4.78 is 6.91. The first-order valence-electron chi connectivity index (χ1n) is 27.5. The van der Waals surface area contributed by atoms with Crippen molar-refractivity contribution in [2.45, 2.75) is 27.7 Å². The van der Waals surface area contributed by atoms with E-state index in [2.05, 4.69) is 310 Å². The molecule has 2 aliphatic rings. The van der Waals surface area contributed by atoms with Gasteiger partial charge in [-0.25, -0.2) is 4.98 Å². The second-order valence-electron chi connectivity index (χ2n) is 21.2. The van der Waals surface area contributed by atoms with Crippen LogP contribution in [0.3, 0.4) is 0 Å². The average molecular weight is 1030 g/mol. The van der Waals surface area contributed by atoms with Crippen LogP contribution in [0.5, 0.6) is 0 Å². The molecule has 0 saturated carbocycles. The third-order valence-corrected chi connectivity index (χ3v) is 16.5. The Balaban J connectivity index is 0.976. The van der Waals surface area contributed by atoms with E-state index in [0.717, 1.165) is 84.8 Å². The van der Waals surface area contributed by atoms with Gasteiger partial charge in [0.2, 0.25) is 0 Å². The van der Waals surface area contributed by atoms with Crippen LogP contribution in [0.1, 0.15) is 22.3 Å². The Morgan fingerprint density at radius 3 is 1.49 bits per heavy atom. The molecule has 15 rings (SSSR count). The highest BCUT2D eigenvalue weighted by atomic mass is 15.3. The van der Waals surface area contributed by atoms with Crippen molar-refractivity contribution in [3.05, 3.63) is 283 Å². The van der Waals surface area contributed by atoms with Crippen molar-refractivity contribution >= 4 is 103 Å². The topological polar surface area (TPSA) is 39.6 Å². The number of aryl methyl sites for hydroxylation is 4. The Morgan fingerprint density at radius 2 is 0.863 bits per heavy atom. The maximum Gasteiger partial charge on any atom is 0.422 e. The van der Waals surface area contributed by atoms with Crippen molar-refractivity contribution in [1.82, 2.24) is 14.1 Å². The highest BCUT2D eigenvalue weighted by Gasteiger charge is 2.49. The Labute approximate surface area is 467 Å². The first-order chi connectivity index (χ1) is 39.4. The number of anilines is 8. The van der Waals surface area contributed by atoms with Crippen LogP contribution in [-0.4, -0.2) is 28.1 Å². The smallest absolute Gasteiger partial charge is 0.360 e. The van der Waals surface area contributed by atoms with E-state index in [1.165, 1.54) is 44.0 Å². The van der Waals surface area contributed by atoms with E-state index in [1.807, 2.05) is 12.3 Å². The standard InChI is InChI=1S/C70H54B2N8/c1-48-23-20-24-49(2)68(48)71-77(53-29-10-6-11-30-53)62-42-40-55(74-47-75(61-37-17-16-36-60(61)74)64-38-22-34-58-57-33-14-15-35-59(57)76(70(58)64)52-27-8-5-9-28-52)45-65(62)79(71)56-41-43-63-66(46-56)80(67-39-18-19-44-73-67)72(69-50(3)25-21-26-51(69)4)78(63)54-31-12-7-13-32-54/h5-46H,1-4H3. The van der Waals surface area contributed by atoms with Gasteiger partial charge in [-0.15, -0.1) is 0 Å². The number of hydrogen-bond donors (Lipinski definition) is 0. The summed E-state index contributed by atoms with van der Waals surface area (Å²) in [5.74, 6) is 0.876. The lowest BCUT2D eigenvalue weighted by molar-refractivity contribution is -0.571. The molecule has 0 fully saturated rings. The molecule has 0 saturated heterocycles. The molecule has 0 radical (unpaired) electrons. The highest BCUT2D eigenvalue weighted by Crippen LogP contribution is 2.52. The predicted molar refractivity (Wildman–Crippen MR) is 333 cm³/mol. The monoisotopic (exact) mass is 1030 g/mol. The molecule has 0 bridgehead atoms. The van der Waals surface area contributed by atoms with E-state index < -0.39 is 0 Å². The quantitative estimate of drug-likeness (QED) is 0.0818. The van der Waals surface area contributed by atoms with Gasteiger partial charge in [-0.05, 0) is 136 Å². The second kappa shape index (κ2) is 18.9. The van der Waals surface area contributed by atoms with Crippen molar-refractivity contribution in [2.24, 2.45) is 0 Å². The SMILES string of the molecule is Cc1cccc(C)c1B1N(c2ccccc2)c2ccc(-n3[c-][n+](-c4cccc5c6ccccc6n(-c6ccccc6)c45)c4ccccc43)cc2N1c1ccc2c(c1)N(c1ccccn1)B(c1c(C)cccc1C)N2c1ccccc1. The molecule has 0 spiro atoms. The van der Waals surface area contributed by atoms with Crippen LogP contribution in [0.25, 0.3) is 49.9 Å². The maximum absolute atomic E-state index is 5.13. The van der Waals surface area contributed by atoms with Crippen molar-refractivity contribution in [3.63, 3.8) is 0 Å². The minimum atomic E-state index is -0.265. The van der Waals surface area contributed by atoms with Gasteiger partial charge in [-0.1, -0.05) is 174 Å². The van der Waals surface area contributed by atoms with Gasteiger partial charge >= 0.3 is 14.0 Å². The zero-order chi connectivity index (χ0) is 53.6. The van der Waals surface area contributed by atoms with Gasteiger partial charge in [-0.2, -0.15) is 0 Å². The number of aromatic nitrogens is 4. The molecule has 2 aliphatic heterocycles. The fraction of sp³-hybridized carbons (Fsp3) is 0.0571. The molecule has 0 N–H and O–H groups in total. The van der Waals surface area contributed by atoms with Crippen LogP contribution in [0.4, 0.5) is 45.6 Å². The van der Waals surface area contributed by atoms with Gasteiger partial charge in [0.1, 0.15) is 5.82 Å². The molecule has 8 nitrogen and oxygen atoms in total. The third kappa shape index (κ3) is 7.32. The van der Waals surface area contributed by atoms with E-state index in [4.69, 9.17) is 4.98 Å². The fourth-order valence-electron chi connectivity index (χ4n) is 13.1. The number of pyridine rings is 1. The van der Waals surface area contributed by atoms with E-state index in [9.17, 15) is 0 Å². The molecule has 80 heavy (non-hydrogen) atoms. The Bertz CT molecular complexity index is 4480. The molecule has 10 aromatic carbocycles. The fourth-order valence-corrected chi connectivity index (χ4v) is 13.1. The zero-order valence-corrected chi connectivity index (χ0v) is 45.0. The number of fused-ring (bicyclic) bond motifs is 6. The normalized spacial score (nSPS) is 13.1. The number of benzene rings is 10. The Morgan fingerprint density at radius 1 is 0.375 bits per heavy atom. The van der Waals surface area contributed by atoms with Crippen LogP contribution in [0.15, 0.2) is 255 Å². The average Bonchev–Trinajstić information content (AvgIpc) is 4.28. The summed E-state index contributed by atoms with van der Waals surface area (Å²) in [6, 6.07) is 90.1. The summed E-state index contributed by atoms with van der Waals surface area (Å²) in [6.07, 6.45) is 5.87. The summed E-state index contributed by atoms with van der Waals surface area (Å²) >= 11 is 0. The molecule has 13 aromatic rings. The molecule has 0 aliphatic carbocycles. The van der Waals surface area contributed by atoms with Gasteiger partial charge in [0, 0.05) is 39.7 Å². The zero-order valence-electron chi connectivity index (χ0n) is 45.0. The third-order valence-electron chi connectivity index (χ3n) is 16.5. The summed E-state index contributed by atoms with van der Waals surface area (Å²) in [6.45, 7) is 8.50. The highest BCUT2D eigenvalue weighted by molar-refractivity contribution is 6.86. The van der Waals surface area contributed by atoms with Crippen LogP contribution >= 0.6 is 0 Å². The van der Waals surface area contributed by atoms with Crippen LogP contribution in [0.2, 0.25) is 0 Å². The summed E-state index contributed by atoms with van der Waals surface area (Å²) in [5, 5.41) is 2.40. The number of nitrogens with zero attached hydrogens (tertiary/aromatic N) is 8. The van der Waals surface area contributed by atoms with E-state index in [-0.39, 0.29) is 14.0 Å². The Hall–Kier alpha value is -10.1. The van der Waals surface area contributed by atoms with Crippen molar-refractivity contribution in [1.29, 1.82) is 0 Å². The molecule has 0 unspecified atom stereocenters. The Kier molecular flexibility index (Phi) is 11.1. The lowest BCUT2D eigenvalue weighted by Crippen LogP contribution is -2.55. The molecule has 0 amide bonds. The lowest BCUT2D eigenvalue weighted by atomic mass is 9.61. The first-order valence-corrected chi connectivity index (χ1v) is 27.5. The van der Waals surface area contributed by atoms with Gasteiger partial charge in [0.15, 0.2) is 0 Å². The number of para-hydroxylation sites is 7. The van der Waals surface area contributed by atoms with Crippen LogP contribution in [-0.2, 0) is 0 Å². The maximum atomic E-state index is 5.13. The van der Waals surface area contributed by atoms with Crippen molar-refractivity contribution < 1.29 is 4.57 Å². The van der Waals surface area contributed by atoms with Gasteiger partial charge in [0.05, 0.1) is 56.2 Å². The molecule has 0 atom stereocenters. The molecule has 3 aromatic heterocycles. The minimum absolute atomic E-state index is 0.226. The predicted octanol–water partition coefficient (Wildman–Crippen LogP) is 14.8. The first kappa shape index (κ1) is 47.2. The molecular weight excluding hydrogens is 974 g/mol. The van der Waals surface area contributed by atoms with Gasteiger partial charge in [-0.3, -0.25) is 9.13 Å². The van der Waals surface area contributed by atoms with E-state index in [1.54, 1.807) is 0 Å². The summed E-state index contributed by atoms with van der Waals surface area (Å²) in [5.41, 5.74) is 22.6. The molecule has 10 heteroatoms. The van der Waals surface area contributed by atoms with Crippen molar-refractivity contribution in [2.75, 3.05) is 19.2 Å². The number of hydrogen-bond acceptors (Lipinski definition) is 5. The van der Waals surface area contributed by atoms with E-state index in [0.29, 0.717) is 0 Å². The van der Waals surface area contributed by atoms with Gasteiger partial charge in [0.25, 0.3) is 6.33 Å². The summed E-state index contributed by atoms with van der Waals surface area (Å²) in [7, 11) is 0. The van der Waals surface area contributed by atoms with Crippen LogP contribution in [0, 0.1) is 34.0 Å². The lowest BCUT2D eigenvalue weighted by Gasteiger charge is -2.32. The minimum Gasteiger partial charge on any atom is -0.360 e.